The summed E-state index contributed by atoms with van der Waals surface area (Å²) >= 11 is 11.9. The van der Waals surface area contributed by atoms with Gasteiger partial charge in [0.05, 0.1) is 22.9 Å². The van der Waals surface area contributed by atoms with E-state index in [1.807, 2.05) is 25.1 Å². The van der Waals surface area contributed by atoms with Gasteiger partial charge < -0.3 is 10.0 Å². The van der Waals surface area contributed by atoms with Crippen molar-refractivity contribution in [1.29, 1.82) is 0 Å². The van der Waals surface area contributed by atoms with Crippen molar-refractivity contribution in [3.63, 3.8) is 0 Å². The molecule has 1 fully saturated rings. The molecular weight excluding hydrogens is 426 g/mol. The van der Waals surface area contributed by atoms with Crippen LogP contribution >= 0.6 is 23.2 Å². The van der Waals surface area contributed by atoms with Gasteiger partial charge >= 0.3 is 6.18 Å². The van der Waals surface area contributed by atoms with E-state index in [-0.39, 0.29) is 11.6 Å². The van der Waals surface area contributed by atoms with Crippen LogP contribution in [0.25, 0.3) is 0 Å². The van der Waals surface area contributed by atoms with Crippen LogP contribution in [0.1, 0.15) is 42.8 Å². The average molecular weight is 450 g/mol. The van der Waals surface area contributed by atoms with E-state index in [2.05, 4.69) is 10.00 Å². The minimum absolute atomic E-state index is 0.0358. The van der Waals surface area contributed by atoms with Crippen LogP contribution in [0, 0.1) is 19.8 Å². The molecule has 0 saturated carbocycles. The molecule has 1 aliphatic heterocycles. The molecule has 1 saturated heterocycles. The third kappa shape index (κ3) is 4.52. The van der Waals surface area contributed by atoms with Crippen LogP contribution in [0.5, 0.6) is 0 Å². The third-order valence-corrected chi connectivity index (χ3v) is 6.63. The number of halogens is 5. The number of aliphatic hydroxyl groups excluding tert-OH is 1. The predicted octanol–water partition coefficient (Wildman–Crippen LogP) is 5.66. The molecule has 2 unspecified atom stereocenters. The Balaban J connectivity index is 1.69. The van der Waals surface area contributed by atoms with Gasteiger partial charge in [0.1, 0.15) is 0 Å². The Labute approximate surface area is 178 Å². The monoisotopic (exact) mass is 449 g/mol. The number of aryl methyl sites for hydroxylation is 1. The van der Waals surface area contributed by atoms with Gasteiger partial charge in [-0.05, 0) is 63.3 Å². The molecule has 1 aliphatic rings. The second kappa shape index (κ2) is 8.36. The lowest BCUT2D eigenvalue weighted by Gasteiger charge is -2.37. The zero-order chi connectivity index (χ0) is 21.5. The largest absolute Gasteiger partial charge is 0.436 e. The highest BCUT2D eigenvalue weighted by molar-refractivity contribution is 6.32. The fourth-order valence-electron chi connectivity index (χ4n) is 3.94. The molecule has 2 heterocycles. The number of alkyl halides is 3. The van der Waals surface area contributed by atoms with Crippen molar-refractivity contribution in [2.45, 2.75) is 51.9 Å². The summed E-state index contributed by atoms with van der Waals surface area (Å²) in [6, 6.07) is 5.27. The van der Waals surface area contributed by atoms with Crippen LogP contribution in [0.2, 0.25) is 10.0 Å². The van der Waals surface area contributed by atoms with Crippen LogP contribution in [0.15, 0.2) is 18.2 Å². The van der Waals surface area contributed by atoms with E-state index in [1.54, 1.807) is 6.92 Å². The molecule has 0 aliphatic carbocycles. The highest BCUT2D eigenvalue weighted by atomic mass is 35.5. The molecule has 0 amide bonds. The first-order valence-corrected chi connectivity index (χ1v) is 10.3. The summed E-state index contributed by atoms with van der Waals surface area (Å²) in [4.78, 5) is 2.23. The topological polar surface area (TPSA) is 41.3 Å². The molecule has 0 spiro atoms. The molecule has 29 heavy (non-hydrogen) atoms. The van der Waals surface area contributed by atoms with Gasteiger partial charge in [0.15, 0.2) is 5.69 Å². The molecule has 3 rings (SSSR count). The number of aliphatic hydroxyl groups is 1. The quantitative estimate of drug-likeness (QED) is 0.653. The van der Waals surface area contributed by atoms with E-state index in [4.69, 9.17) is 23.2 Å². The van der Waals surface area contributed by atoms with E-state index in [0.29, 0.717) is 0 Å². The SMILES string of the molecule is Cc1cc(N2CCC(C(O)C(C)n3nc(C(F)(F)F)c(Cl)c3C)CC2)ccc1Cl. The number of benzene rings is 1. The van der Waals surface area contributed by atoms with E-state index >= 15 is 0 Å². The fraction of sp³-hybridized carbons (Fsp3) is 0.550. The van der Waals surface area contributed by atoms with Gasteiger partial charge in [0, 0.05) is 23.8 Å². The van der Waals surface area contributed by atoms with Crippen molar-refractivity contribution >= 4 is 28.9 Å². The van der Waals surface area contributed by atoms with Crippen molar-refractivity contribution in [2.24, 2.45) is 5.92 Å². The predicted molar refractivity (Wildman–Crippen MR) is 109 cm³/mol. The highest BCUT2D eigenvalue weighted by Crippen LogP contribution is 2.38. The number of piperidine rings is 1. The Morgan fingerprint density at radius 1 is 1.17 bits per heavy atom. The minimum atomic E-state index is -4.63. The van der Waals surface area contributed by atoms with Gasteiger partial charge in [0.2, 0.25) is 0 Å². The molecule has 0 radical (unpaired) electrons. The Morgan fingerprint density at radius 2 is 1.79 bits per heavy atom. The van der Waals surface area contributed by atoms with Gasteiger partial charge in [-0.1, -0.05) is 23.2 Å². The van der Waals surface area contributed by atoms with Gasteiger partial charge in [-0.2, -0.15) is 18.3 Å². The van der Waals surface area contributed by atoms with Crippen LogP contribution in [0.3, 0.4) is 0 Å². The second-order valence-electron chi connectivity index (χ2n) is 7.68. The van der Waals surface area contributed by atoms with Gasteiger partial charge in [-0.3, -0.25) is 4.68 Å². The summed E-state index contributed by atoms with van der Waals surface area (Å²) in [5, 5.41) is 14.8. The zero-order valence-electron chi connectivity index (χ0n) is 16.5. The Bertz CT molecular complexity index is 877. The number of nitrogens with zero attached hydrogens (tertiary/aromatic N) is 3. The van der Waals surface area contributed by atoms with Crippen LogP contribution in [0.4, 0.5) is 18.9 Å². The molecule has 9 heteroatoms. The number of rotatable bonds is 4. The van der Waals surface area contributed by atoms with Crippen molar-refractivity contribution in [3.05, 3.63) is 45.2 Å². The zero-order valence-corrected chi connectivity index (χ0v) is 18.0. The van der Waals surface area contributed by atoms with Gasteiger partial charge in [-0.15, -0.1) is 0 Å². The van der Waals surface area contributed by atoms with Gasteiger partial charge in [-0.25, -0.2) is 0 Å². The number of aromatic nitrogens is 2. The highest BCUT2D eigenvalue weighted by Gasteiger charge is 2.40. The van der Waals surface area contributed by atoms with Crippen LogP contribution in [-0.2, 0) is 6.18 Å². The average Bonchev–Trinajstić information content (AvgIpc) is 2.98. The molecular formula is C20H24Cl2F3N3O. The van der Waals surface area contributed by atoms with E-state index in [1.165, 1.54) is 11.6 Å². The number of hydrogen-bond acceptors (Lipinski definition) is 3. The lowest BCUT2D eigenvalue weighted by Crippen LogP contribution is -2.40. The Morgan fingerprint density at radius 3 is 2.31 bits per heavy atom. The molecule has 2 atom stereocenters. The van der Waals surface area contributed by atoms with Crippen molar-refractivity contribution in [1.82, 2.24) is 9.78 Å². The second-order valence-corrected chi connectivity index (χ2v) is 8.46. The van der Waals surface area contributed by atoms with E-state index < -0.39 is 29.0 Å². The molecule has 4 nitrogen and oxygen atoms in total. The van der Waals surface area contributed by atoms with Crippen molar-refractivity contribution < 1.29 is 18.3 Å². The van der Waals surface area contributed by atoms with E-state index in [0.717, 1.165) is 42.2 Å². The maximum absolute atomic E-state index is 13.1. The van der Waals surface area contributed by atoms with Crippen molar-refractivity contribution in [3.8, 4) is 0 Å². The summed E-state index contributed by atoms with van der Waals surface area (Å²) in [5.74, 6) is -0.0358. The summed E-state index contributed by atoms with van der Waals surface area (Å²) in [7, 11) is 0. The summed E-state index contributed by atoms with van der Waals surface area (Å²) < 4.78 is 40.4. The third-order valence-electron chi connectivity index (χ3n) is 5.75. The van der Waals surface area contributed by atoms with Crippen LogP contribution in [-0.4, -0.2) is 34.1 Å². The first kappa shape index (κ1) is 22.2. The molecule has 0 bridgehead atoms. The molecule has 1 aromatic carbocycles. The van der Waals surface area contributed by atoms with Gasteiger partial charge in [0.25, 0.3) is 0 Å². The molecule has 1 aromatic heterocycles. The first-order chi connectivity index (χ1) is 13.5. The Hall–Kier alpha value is -1.44. The number of hydrogen-bond donors (Lipinski definition) is 1. The standard InChI is InChI=1S/C20H24Cl2F3N3O/c1-11-10-15(4-5-16(11)21)27-8-6-14(7-9-27)18(29)13(3)28-12(2)17(22)19(26-28)20(23,24)25/h4-5,10,13-14,18,29H,6-9H2,1-3H3. The smallest absolute Gasteiger partial charge is 0.391 e. The Kier molecular flexibility index (Phi) is 6.41. The minimum Gasteiger partial charge on any atom is -0.391 e. The molecule has 160 valence electrons. The summed E-state index contributed by atoms with van der Waals surface area (Å²) in [5.41, 5.74) is 1.19. The summed E-state index contributed by atoms with van der Waals surface area (Å²) in [6.45, 7) is 6.62. The molecule has 1 N–H and O–H groups in total. The maximum atomic E-state index is 13.1. The first-order valence-electron chi connectivity index (χ1n) is 9.51. The van der Waals surface area contributed by atoms with Crippen LogP contribution < -0.4 is 4.90 Å². The van der Waals surface area contributed by atoms with E-state index in [9.17, 15) is 18.3 Å². The summed E-state index contributed by atoms with van der Waals surface area (Å²) in [6.07, 6.45) is -3.99. The normalized spacial score (nSPS) is 18.2. The lowest BCUT2D eigenvalue weighted by atomic mass is 9.87. The lowest BCUT2D eigenvalue weighted by molar-refractivity contribution is -0.141. The van der Waals surface area contributed by atoms with Crippen molar-refractivity contribution in [2.75, 3.05) is 18.0 Å². The number of anilines is 1. The molecule has 2 aromatic rings. The maximum Gasteiger partial charge on any atom is 0.436 e. The fourth-order valence-corrected chi connectivity index (χ4v) is 4.29.